The molecule has 6 nitrogen and oxygen atoms in total. The molecule has 1 aromatic rings. The summed E-state index contributed by atoms with van der Waals surface area (Å²) in [5.74, 6) is 0.987. The van der Waals surface area contributed by atoms with Crippen LogP contribution in [0, 0.1) is 23.7 Å². The van der Waals surface area contributed by atoms with Gasteiger partial charge in [0.15, 0.2) is 0 Å². The maximum atomic E-state index is 13.4. The molecule has 216 valence electrons. The molecule has 0 aromatic heterocycles. The fraction of sp³-hybridized carbons (Fsp3) is 0.733. The van der Waals surface area contributed by atoms with Gasteiger partial charge < -0.3 is 20.0 Å². The molecule has 39 heavy (non-hydrogen) atoms. The molecular formula is C30H43F3N4O2. The fourth-order valence-electron chi connectivity index (χ4n) is 7.77. The van der Waals surface area contributed by atoms with E-state index in [9.17, 15) is 22.8 Å². The van der Waals surface area contributed by atoms with Gasteiger partial charge >= 0.3 is 6.18 Å². The Morgan fingerprint density at radius 2 is 1.62 bits per heavy atom. The van der Waals surface area contributed by atoms with Gasteiger partial charge in [0.05, 0.1) is 5.92 Å². The van der Waals surface area contributed by atoms with Gasteiger partial charge in [0, 0.05) is 45.3 Å². The van der Waals surface area contributed by atoms with Gasteiger partial charge in [-0.05, 0) is 74.4 Å². The first kappa shape index (κ1) is 28.4. The maximum absolute atomic E-state index is 13.4. The van der Waals surface area contributed by atoms with Crippen LogP contribution < -0.4 is 5.32 Å². The molecule has 4 aliphatic heterocycles. The zero-order chi connectivity index (χ0) is 27.8. The lowest BCUT2D eigenvalue weighted by molar-refractivity contribution is -0.162. The van der Waals surface area contributed by atoms with Crippen LogP contribution >= 0.6 is 0 Å². The number of nitrogens with one attached hydrogen (secondary N) is 1. The second kappa shape index (κ2) is 11.4. The van der Waals surface area contributed by atoms with Gasteiger partial charge in [-0.15, -0.1) is 0 Å². The smallest absolute Gasteiger partial charge is 0.342 e. The summed E-state index contributed by atoms with van der Waals surface area (Å²) in [5, 5.41) is 3.48. The van der Waals surface area contributed by atoms with Crippen molar-refractivity contribution < 1.29 is 22.8 Å². The van der Waals surface area contributed by atoms with E-state index in [1.165, 1.54) is 10.5 Å². The van der Waals surface area contributed by atoms with Crippen molar-refractivity contribution in [2.45, 2.75) is 63.6 Å². The van der Waals surface area contributed by atoms with Crippen molar-refractivity contribution in [1.29, 1.82) is 0 Å². The highest BCUT2D eigenvalue weighted by Crippen LogP contribution is 2.41. The molecule has 0 radical (unpaired) electrons. The predicted octanol–water partition coefficient (Wildman–Crippen LogP) is 3.91. The highest BCUT2D eigenvalue weighted by molar-refractivity contribution is 5.80. The Hall–Kier alpha value is -2.13. The molecule has 4 heterocycles. The van der Waals surface area contributed by atoms with Gasteiger partial charge in [0.1, 0.15) is 6.42 Å². The van der Waals surface area contributed by atoms with E-state index in [1.807, 2.05) is 18.2 Å². The van der Waals surface area contributed by atoms with Crippen LogP contribution in [-0.2, 0) is 15.0 Å². The van der Waals surface area contributed by atoms with E-state index < -0.39 is 18.5 Å². The second-order valence-corrected chi connectivity index (χ2v) is 12.6. The van der Waals surface area contributed by atoms with Gasteiger partial charge in [0.2, 0.25) is 11.8 Å². The van der Waals surface area contributed by atoms with Crippen LogP contribution in [0.5, 0.6) is 0 Å². The number of amides is 2. The van der Waals surface area contributed by atoms with Crippen LogP contribution in [0.2, 0.25) is 0 Å². The number of piperidine rings is 2. The van der Waals surface area contributed by atoms with Crippen LogP contribution in [0.3, 0.4) is 0 Å². The number of carbonyl (C=O) groups is 2. The van der Waals surface area contributed by atoms with Crippen molar-refractivity contribution in [2.75, 3.05) is 52.4 Å². The Kier molecular flexibility index (Phi) is 8.30. The summed E-state index contributed by atoms with van der Waals surface area (Å²) in [6.45, 7) is 10.6. The number of hydrogen-bond acceptors (Lipinski definition) is 4. The van der Waals surface area contributed by atoms with Gasteiger partial charge in [-0.25, -0.2) is 0 Å². The van der Waals surface area contributed by atoms with Crippen LogP contribution in [0.4, 0.5) is 13.2 Å². The van der Waals surface area contributed by atoms with E-state index in [2.05, 4.69) is 41.1 Å². The molecule has 5 unspecified atom stereocenters. The van der Waals surface area contributed by atoms with E-state index in [4.69, 9.17) is 0 Å². The summed E-state index contributed by atoms with van der Waals surface area (Å²) >= 11 is 0. The van der Waals surface area contributed by atoms with Crippen molar-refractivity contribution in [2.24, 2.45) is 23.7 Å². The summed E-state index contributed by atoms with van der Waals surface area (Å²) in [4.78, 5) is 31.7. The minimum atomic E-state index is -4.47. The molecule has 4 fully saturated rings. The average molecular weight is 549 g/mol. The number of halogens is 3. The molecule has 0 saturated carbocycles. The lowest BCUT2D eigenvalue weighted by Gasteiger charge is -2.43. The van der Waals surface area contributed by atoms with E-state index >= 15 is 0 Å². The minimum absolute atomic E-state index is 0.0632. The molecule has 0 spiro atoms. The summed E-state index contributed by atoms with van der Waals surface area (Å²) in [7, 11) is 0. The van der Waals surface area contributed by atoms with Gasteiger partial charge in [0.25, 0.3) is 0 Å². The van der Waals surface area contributed by atoms with Crippen molar-refractivity contribution in [3.05, 3.63) is 35.9 Å². The van der Waals surface area contributed by atoms with Crippen molar-refractivity contribution in [3.63, 3.8) is 0 Å². The molecule has 0 bridgehead atoms. The zero-order valence-corrected chi connectivity index (χ0v) is 23.3. The monoisotopic (exact) mass is 548 g/mol. The number of rotatable bonds is 6. The number of benzene rings is 1. The number of hydrogen-bond donors (Lipinski definition) is 1. The summed E-state index contributed by atoms with van der Waals surface area (Å²) < 4.78 is 38.4. The van der Waals surface area contributed by atoms with Crippen LogP contribution in [0.15, 0.2) is 30.3 Å². The number of carbonyl (C=O) groups excluding carboxylic acids is 2. The van der Waals surface area contributed by atoms with E-state index in [0.29, 0.717) is 49.6 Å². The molecule has 9 heteroatoms. The first-order chi connectivity index (χ1) is 18.5. The molecule has 5 atom stereocenters. The summed E-state index contributed by atoms with van der Waals surface area (Å²) in [6, 6.07) is 10.5. The summed E-state index contributed by atoms with van der Waals surface area (Å²) in [5.41, 5.74) is 1.07. The predicted molar refractivity (Wildman–Crippen MR) is 144 cm³/mol. The van der Waals surface area contributed by atoms with Crippen molar-refractivity contribution >= 4 is 11.8 Å². The third-order valence-corrected chi connectivity index (χ3v) is 10.1. The number of fused-ring (bicyclic) bond motifs is 1. The van der Waals surface area contributed by atoms with Gasteiger partial charge in [-0.1, -0.05) is 37.3 Å². The standard InChI is InChI=1S/C30H43F3N4O2/c1-21-8-12-34-22(2)27(21)28(39)37-19-23-17-35(18-24(23)20-37)13-9-29(25-6-4-3-5-7-25)10-14-36(15-11-29)26(38)16-30(31,32)33/h3-7,21-24,27,34H,8-20H2,1-2H3. The third-order valence-electron chi connectivity index (χ3n) is 10.1. The first-order valence-electron chi connectivity index (χ1n) is 14.7. The van der Waals surface area contributed by atoms with Crippen molar-refractivity contribution in [3.8, 4) is 0 Å². The Morgan fingerprint density at radius 3 is 2.21 bits per heavy atom. The Morgan fingerprint density at radius 1 is 0.974 bits per heavy atom. The Bertz CT molecular complexity index is 987. The molecular weight excluding hydrogens is 505 g/mol. The number of alkyl halides is 3. The number of nitrogens with zero attached hydrogens (tertiary/aromatic N) is 3. The Balaban J connectivity index is 1.17. The van der Waals surface area contributed by atoms with Crippen LogP contribution in [0.1, 0.15) is 51.5 Å². The molecule has 0 aliphatic carbocycles. The highest BCUT2D eigenvalue weighted by Gasteiger charge is 2.46. The molecule has 5 rings (SSSR count). The Labute approximate surface area is 230 Å². The normalized spacial score (nSPS) is 31.4. The van der Waals surface area contributed by atoms with Crippen LogP contribution in [0.25, 0.3) is 0 Å². The highest BCUT2D eigenvalue weighted by atomic mass is 19.4. The second-order valence-electron chi connectivity index (χ2n) is 12.6. The van der Waals surface area contributed by atoms with Gasteiger partial charge in [-0.2, -0.15) is 13.2 Å². The molecule has 4 saturated heterocycles. The van der Waals surface area contributed by atoms with E-state index in [0.717, 1.165) is 52.1 Å². The topological polar surface area (TPSA) is 55.9 Å². The maximum Gasteiger partial charge on any atom is 0.397 e. The SMILES string of the molecule is CC1CCNC(C)C1C(=O)N1CC2CN(CCC3(c4ccccc4)CCN(C(=O)CC(F)(F)F)CC3)CC2C1. The van der Waals surface area contributed by atoms with Gasteiger partial charge in [-0.3, -0.25) is 9.59 Å². The molecule has 1 aromatic carbocycles. The van der Waals surface area contributed by atoms with Crippen LogP contribution in [-0.4, -0.2) is 91.1 Å². The lowest BCUT2D eigenvalue weighted by Crippen LogP contribution is -2.51. The summed E-state index contributed by atoms with van der Waals surface area (Å²) in [6.07, 6.45) is -2.53. The largest absolute Gasteiger partial charge is 0.397 e. The third kappa shape index (κ3) is 6.29. The number of likely N-dealkylation sites (tertiary alicyclic amines) is 3. The van der Waals surface area contributed by atoms with E-state index in [1.54, 1.807) is 0 Å². The van der Waals surface area contributed by atoms with E-state index in [-0.39, 0.29) is 17.4 Å². The average Bonchev–Trinajstić information content (AvgIpc) is 3.46. The van der Waals surface area contributed by atoms with Crippen molar-refractivity contribution in [1.82, 2.24) is 20.0 Å². The minimum Gasteiger partial charge on any atom is -0.342 e. The zero-order valence-electron chi connectivity index (χ0n) is 23.3. The first-order valence-corrected chi connectivity index (χ1v) is 14.7. The lowest BCUT2D eigenvalue weighted by atomic mass is 9.70. The quantitative estimate of drug-likeness (QED) is 0.586. The molecule has 1 N–H and O–H groups in total. The fourth-order valence-corrected chi connectivity index (χ4v) is 7.77. The molecule has 4 aliphatic rings. The molecule has 2 amide bonds.